The van der Waals surface area contributed by atoms with E-state index < -0.39 is 209 Å². The first-order chi connectivity index (χ1) is 36.6. The summed E-state index contributed by atoms with van der Waals surface area (Å²) in [6.45, 7) is 11.3. The van der Waals surface area contributed by atoms with Gasteiger partial charge in [0.25, 0.3) is 0 Å². The predicted octanol–water partition coefficient (Wildman–Crippen LogP) is 18.3. The molecule has 5 nitrogen and oxygen atoms in total. The van der Waals surface area contributed by atoms with E-state index in [0.29, 0.717) is 0 Å². The van der Waals surface area contributed by atoms with Crippen LogP contribution in [0.1, 0.15) is 27.7 Å². The van der Waals surface area contributed by atoms with Crippen LogP contribution in [0, 0.1) is 216 Å². The molecular formula is C44H20CeF30N3O2. The van der Waals surface area contributed by atoms with E-state index in [-0.39, 0.29) is 41.7 Å². The van der Waals surface area contributed by atoms with Crippen molar-refractivity contribution in [2.24, 2.45) is 0 Å². The van der Waals surface area contributed by atoms with E-state index in [2.05, 4.69) is 16.0 Å². The van der Waals surface area contributed by atoms with Crippen molar-refractivity contribution >= 4 is 34.1 Å². The maximum atomic E-state index is 13.3. The van der Waals surface area contributed by atoms with Gasteiger partial charge in [0.1, 0.15) is 69.8 Å². The third-order valence-corrected chi connectivity index (χ3v) is 8.61. The van der Waals surface area contributed by atoms with Gasteiger partial charge >= 0.3 is 41.7 Å². The van der Waals surface area contributed by atoms with Gasteiger partial charge in [-0.1, -0.05) is 34.1 Å². The first-order valence-corrected chi connectivity index (χ1v) is 20.0. The number of rotatable bonds is 10. The SMILES string of the molecule is CCOCC.CCOCC.Fc1c(F)c(F)c([N-]c2c(F)c(F)c(F)c(F)c2F)c(F)c1F.Fc1c(F)c(F)c([N-]c2c(F)c(F)c(F)c(F)c2F)c(F)c1F.Fc1c(F)c(F)c([N-]c2c(F)c(F)c(F)c(F)c2F)c(F)c1F.[Ce+3]. The van der Waals surface area contributed by atoms with E-state index in [1.165, 1.54) is 0 Å². The molecule has 6 rings (SSSR count). The molecule has 437 valence electrons. The topological polar surface area (TPSA) is 60.8 Å². The molecule has 0 heterocycles. The molecule has 0 aliphatic heterocycles. The average Bonchev–Trinajstić information content (AvgIpc) is 3.43. The van der Waals surface area contributed by atoms with Gasteiger partial charge in [0.2, 0.25) is 0 Å². The standard InChI is InChI=1S/3C12F10N.2C4H10O.Ce/c3*13-1-3(15)7(19)11(8(20)4(1)16)23-12-9(21)5(17)2(14)6(18)10(12)22;2*1-3-5-4-2;/h;;;2*3-4H2,1-2H3;/q3*-1;;;+3. The third kappa shape index (κ3) is 15.3. The second-order valence-corrected chi connectivity index (χ2v) is 13.4. The third-order valence-electron chi connectivity index (χ3n) is 8.61. The largest absolute Gasteiger partial charge is 3.00 e. The molecule has 36 heteroatoms. The zero-order chi connectivity index (χ0) is 61.1. The molecule has 0 spiro atoms. The number of hydrogen-bond donors (Lipinski definition) is 0. The molecule has 0 fully saturated rings. The van der Waals surface area contributed by atoms with Crippen molar-refractivity contribution in [3.63, 3.8) is 0 Å². The summed E-state index contributed by atoms with van der Waals surface area (Å²) < 4.78 is 401. The Balaban J connectivity index is 0.000000548. The second-order valence-electron chi connectivity index (χ2n) is 13.4. The number of nitrogens with zero attached hydrogens (tertiary/aromatic N) is 3. The van der Waals surface area contributed by atoms with E-state index in [0.717, 1.165) is 26.4 Å². The van der Waals surface area contributed by atoms with Crippen molar-refractivity contribution in [2.75, 3.05) is 26.4 Å². The van der Waals surface area contributed by atoms with Gasteiger partial charge in [-0.05, 0) is 27.7 Å². The van der Waals surface area contributed by atoms with Crippen molar-refractivity contribution in [3.05, 3.63) is 190 Å². The van der Waals surface area contributed by atoms with Crippen LogP contribution in [0.2, 0.25) is 0 Å². The van der Waals surface area contributed by atoms with Crippen LogP contribution in [0.4, 0.5) is 166 Å². The maximum Gasteiger partial charge on any atom is 3.00 e. The molecule has 0 unspecified atom stereocenters. The van der Waals surface area contributed by atoms with Crippen LogP contribution in [0.25, 0.3) is 16.0 Å². The first kappa shape index (κ1) is 71.9. The zero-order valence-electron chi connectivity index (χ0n) is 38.8. The monoisotopic (exact) mass is 1330 g/mol. The van der Waals surface area contributed by atoms with Gasteiger partial charge in [0.15, 0.2) is 105 Å². The summed E-state index contributed by atoms with van der Waals surface area (Å²) in [6.07, 6.45) is 0. The molecule has 1 radical (unpaired) electrons. The number of ether oxygens (including phenoxy) is 2. The summed E-state index contributed by atoms with van der Waals surface area (Å²) in [5.41, 5.74) is -12.6. The summed E-state index contributed by atoms with van der Waals surface area (Å²) in [6, 6.07) is 0. The molecule has 0 aliphatic rings. The molecule has 0 atom stereocenters. The van der Waals surface area contributed by atoms with Gasteiger partial charge in [-0.15, -0.1) is 0 Å². The van der Waals surface area contributed by atoms with Crippen LogP contribution in [-0.2, 0) is 9.47 Å². The van der Waals surface area contributed by atoms with Crippen LogP contribution in [0.5, 0.6) is 0 Å². The fraction of sp³-hybridized carbons (Fsp3) is 0.182. The van der Waals surface area contributed by atoms with Gasteiger partial charge in [0, 0.05) is 26.4 Å². The number of halogens is 30. The van der Waals surface area contributed by atoms with Crippen LogP contribution in [0.15, 0.2) is 0 Å². The summed E-state index contributed by atoms with van der Waals surface area (Å²) in [4.78, 5) is 0. The average molecular weight is 1330 g/mol. The summed E-state index contributed by atoms with van der Waals surface area (Å²) in [5, 5.41) is 7.11. The molecule has 0 saturated heterocycles. The van der Waals surface area contributed by atoms with Gasteiger partial charge in [-0.25, -0.2) is 132 Å². The minimum Gasteiger partial charge on any atom is -0.648 e. The van der Waals surface area contributed by atoms with E-state index in [1.54, 1.807) is 0 Å². The Morgan fingerprint density at radius 3 is 0.312 bits per heavy atom. The summed E-state index contributed by atoms with van der Waals surface area (Å²) in [5.74, 6) is -76.9. The van der Waals surface area contributed by atoms with E-state index in [1.807, 2.05) is 27.7 Å². The first-order valence-electron chi connectivity index (χ1n) is 20.0. The Labute approximate surface area is 459 Å². The number of benzene rings is 6. The Morgan fingerprint density at radius 2 is 0.250 bits per heavy atom. The maximum absolute atomic E-state index is 13.3. The molecule has 0 amide bonds. The fourth-order valence-electron chi connectivity index (χ4n) is 4.89. The number of hydrogen-bond acceptors (Lipinski definition) is 2. The Bertz CT molecular complexity index is 2530. The van der Waals surface area contributed by atoms with Crippen LogP contribution < -0.4 is 0 Å². The van der Waals surface area contributed by atoms with Crippen molar-refractivity contribution in [1.29, 1.82) is 0 Å². The predicted molar refractivity (Wildman–Crippen MR) is 210 cm³/mol. The molecule has 6 aromatic rings. The summed E-state index contributed by atoms with van der Waals surface area (Å²) >= 11 is 0. The molecule has 0 saturated carbocycles. The molecule has 0 aromatic heterocycles. The summed E-state index contributed by atoms with van der Waals surface area (Å²) in [7, 11) is 0. The molecular weight excluding hydrogens is 1310 g/mol. The van der Waals surface area contributed by atoms with Gasteiger partial charge in [-0.2, -0.15) is 0 Å². The molecule has 0 aliphatic carbocycles. The van der Waals surface area contributed by atoms with E-state index >= 15 is 0 Å². The van der Waals surface area contributed by atoms with Gasteiger partial charge < -0.3 is 25.4 Å². The van der Waals surface area contributed by atoms with Crippen LogP contribution in [0.3, 0.4) is 0 Å². The van der Waals surface area contributed by atoms with Crippen LogP contribution >= 0.6 is 0 Å². The van der Waals surface area contributed by atoms with Crippen molar-refractivity contribution < 1.29 is 183 Å². The molecule has 80 heavy (non-hydrogen) atoms. The Kier molecular flexibility index (Phi) is 27.6. The molecule has 0 N–H and O–H groups in total. The Hall–Kier alpha value is -6.08. The van der Waals surface area contributed by atoms with E-state index in [4.69, 9.17) is 9.47 Å². The smallest absolute Gasteiger partial charge is 0.648 e. The molecule has 6 aromatic carbocycles. The fourth-order valence-corrected chi connectivity index (χ4v) is 4.89. The van der Waals surface area contributed by atoms with Gasteiger partial charge in [-0.3, -0.25) is 0 Å². The zero-order valence-corrected chi connectivity index (χ0v) is 42.0. The normalized spacial score (nSPS) is 10.6. The second kappa shape index (κ2) is 30.7. The minimum atomic E-state index is -2.59. The molecule has 0 bridgehead atoms. The quantitative estimate of drug-likeness (QED) is 0.0779. The minimum absolute atomic E-state index is 0. The van der Waals surface area contributed by atoms with Gasteiger partial charge in [0.05, 0.1) is 0 Å². The van der Waals surface area contributed by atoms with E-state index in [9.17, 15) is 132 Å². The van der Waals surface area contributed by atoms with Crippen molar-refractivity contribution in [2.45, 2.75) is 27.7 Å². The van der Waals surface area contributed by atoms with Crippen molar-refractivity contribution in [1.82, 2.24) is 0 Å². The Morgan fingerprint density at radius 1 is 0.175 bits per heavy atom. The van der Waals surface area contributed by atoms with Crippen molar-refractivity contribution in [3.8, 4) is 0 Å². The van der Waals surface area contributed by atoms with Crippen LogP contribution in [-0.4, -0.2) is 26.4 Å².